The largest absolute Gasteiger partial charge is 0.493 e. The minimum atomic E-state index is -2.96. The topological polar surface area (TPSA) is 72.5 Å². The molecule has 2 rings (SSSR count). The Hall–Kier alpha value is -1.56. The van der Waals surface area contributed by atoms with Crippen LogP contribution in [-0.4, -0.2) is 38.5 Å². The van der Waals surface area contributed by atoms with E-state index >= 15 is 0 Å². The highest BCUT2D eigenvalue weighted by atomic mass is 32.2. The van der Waals surface area contributed by atoms with Crippen LogP contribution in [0, 0.1) is 13.8 Å². The number of hydrogen-bond acceptors (Lipinski definition) is 4. The zero-order chi connectivity index (χ0) is 15.5. The van der Waals surface area contributed by atoms with Crippen molar-refractivity contribution in [3.8, 4) is 5.75 Å². The second-order valence-electron chi connectivity index (χ2n) is 5.46. The van der Waals surface area contributed by atoms with Crippen LogP contribution in [0.25, 0.3) is 0 Å². The van der Waals surface area contributed by atoms with Crippen molar-refractivity contribution < 1.29 is 17.9 Å². The molecular formula is C15H21NO4S. The second-order valence-corrected chi connectivity index (χ2v) is 7.69. The van der Waals surface area contributed by atoms with Gasteiger partial charge in [-0.2, -0.15) is 0 Å². The van der Waals surface area contributed by atoms with Gasteiger partial charge in [-0.1, -0.05) is 12.1 Å². The first-order chi connectivity index (χ1) is 9.87. The Bertz CT molecular complexity index is 625. The number of rotatable bonds is 5. The third-order valence-corrected chi connectivity index (χ3v) is 5.51. The van der Waals surface area contributed by atoms with Crippen molar-refractivity contribution in [2.45, 2.75) is 32.7 Å². The lowest BCUT2D eigenvalue weighted by atomic mass is 10.1. The number of amides is 1. The maximum Gasteiger partial charge on any atom is 0.223 e. The normalized spacial score (nSPS) is 20.2. The molecule has 0 saturated carbocycles. The molecule has 1 N–H and O–H groups in total. The van der Waals surface area contributed by atoms with Crippen molar-refractivity contribution in [1.29, 1.82) is 0 Å². The third-order valence-electron chi connectivity index (χ3n) is 3.74. The van der Waals surface area contributed by atoms with Gasteiger partial charge < -0.3 is 10.1 Å². The van der Waals surface area contributed by atoms with Crippen molar-refractivity contribution in [3.63, 3.8) is 0 Å². The van der Waals surface area contributed by atoms with Crippen LogP contribution >= 0.6 is 0 Å². The van der Waals surface area contributed by atoms with Crippen molar-refractivity contribution in [3.05, 3.63) is 29.3 Å². The highest BCUT2D eigenvalue weighted by Gasteiger charge is 2.28. The molecule has 1 atom stereocenters. The van der Waals surface area contributed by atoms with Crippen LogP contribution in [0.1, 0.15) is 24.0 Å². The molecule has 0 spiro atoms. The van der Waals surface area contributed by atoms with E-state index in [4.69, 9.17) is 4.74 Å². The molecule has 0 bridgehead atoms. The molecular weight excluding hydrogens is 290 g/mol. The van der Waals surface area contributed by atoms with Crippen LogP contribution in [0.3, 0.4) is 0 Å². The highest BCUT2D eigenvalue weighted by molar-refractivity contribution is 7.91. The van der Waals surface area contributed by atoms with Crippen molar-refractivity contribution in [2.24, 2.45) is 0 Å². The van der Waals surface area contributed by atoms with Crippen LogP contribution in [0.4, 0.5) is 0 Å². The molecule has 0 radical (unpaired) electrons. The SMILES string of the molecule is Cc1cccc(OCCC(=O)N[C@H]2CCS(=O)(=O)C2)c1C. The van der Waals surface area contributed by atoms with Gasteiger partial charge in [0.15, 0.2) is 9.84 Å². The average molecular weight is 311 g/mol. The van der Waals surface area contributed by atoms with E-state index in [2.05, 4.69) is 5.32 Å². The van der Waals surface area contributed by atoms with Gasteiger partial charge >= 0.3 is 0 Å². The van der Waals surface area contributed by atoms with E-state index in [1.807, 2.05) is 32.0 Å². The van der Waals surface area contributed by atoms with Gasteiger partial charge in [-0.05, 0) is 37.5 Å². The van der Waals surface area contributed by atoms with Crippen LogP contribution < -0.4 is 10.1 Å². The standard InChI is InChI=1S/C15H21NO4S/c1-11-4-3-5-14(12(11)2)20-8-6-15(17)16-13-7-9-21(18,19)10-13/h3-5,13H,6-10H2,1-2H3,(H,16,17)/t13-/m0/s1. The summed E-state index contributed by atoms with van der Waals surface area (Å²) in [5, 5.41) is 2.75. The van der Waals surface area contributed by atoms with E-state index in [1.54, 1.807) is 0 Å². The first-order valence-electron chi connectivity index (χ1n) is 7.06. The van der Waals surface area contributed by atoms with Gasteiger partial charge in [-0.25, -0.2) is 8.42 Å². The maximum absolute atomic E-state index is 11.8. The molecule has 1 fully saturated rings. The molecule has 0 unspecified atom stereocenters. The van der Waals surface area contributed by atoms with E-state index in [0.717, 1.165) is 16.9 Å². The molecule has 5 nitrogen and oxygen atoms in total. The summed E-state index contributed by atoms with van der Waals surface area (Å²) >= 11 is 0. The predicted octanol–water partition coefficient (Wildman–Crippen LogP) is 1.38. The number of aryl methyl sites for hydroxylation is 1. The molecule has 1 saturated heterocycles. The summed E-state index contributed by atoms with van der Waals surface area (Å²) in [4.78, 5) is 11.8. The van der Waals surface area contributed by atoms with E-state index < -0.39 is 9.84 Å². The van der Waals surface area contributed by atoms with Crippen LogP contribution in [0.2, 0.25) is 0 Å². The fraction of sp³-hybridized carbons (Fsp3) is 0.533. The molecule has 6 heteroatoms. The Labute approximate surface area is 125 Å². The first-order valence-corrected chi connectivity index (χ1v) is 8.88. The van der Waals surface area contributed by atoms with E-state index in [0.29, 0.717) is 6.42 Å². The summed E-state index contributed by atoms with van der Waals surface area (Å²) in [5.41, 5.74) is 2.22. The number of carbonyl (C=O) groups excluding carboxylic acids is 1. The molecule has 1 aliphatic rings. The fourth-order valence-corrected chi connectivity index (χ4v) is 4.02. The minimum Gasteiger partial charge on any atom is -0.493 e. The third kappa shape index (κ3) is 4.46. The lowest BCUT2D eigenvalue weighted by Crippen LogP contribution is -2.36. The number of nitrogens with one attached hydrogen (secondary N) is 1. The zero-order valence-electron chi connectivity index (χ0n) is 12.4. The molecule has 1 aromatic rings. The molecule has 0 aliphatic carbocycles. The second kappa shape index (κ2) is 6.47. The molecule has 1 aliphatic heterocycles. The number of hydrogen-bond donors (Lipinski definition) is 1. The van der Waals surface area contributed by atoms with Gasteiger partial charge in [0.1, 0.15) is 5.75 Å². The molecule has 21 heavy (non-hydrogen) atoms. The van der Waals surface area contributed by atoms with E-state index in [9.17, 15) is 13.2 Å². The van der Waals surface area contributed by atoms with Crippen molar-refractivity contribution in [2.75, 3.05) is 18.1 Å². The smallest absolute Gasteiger partial charge is 0.223 e. The minimum absolute atomic E-state index is 0.0522. The summed E-state index contributed by atoms with van der Waals surface area (Å²) in [6.45, 7) is 4.28. The van der Waals surface area contributed by atoms with Gasteiger partial charge in [-0.15, -0.1) is 0 Å². The van der Waals surface area contributed by atoms with Gasteiger partial charge in [0.05, 0.1) is 24.5 Å². The summed E-state index contributed by atoms with van der Waals surface area (Å²) in [5.74, 6) is 0.835. The summed E-state index contributed by atoms with van der Waals surface area (Å²) < 4.78 is 28.2. The summed E-state index contributed by atoms with van der Waals surface area (Å²) in [6, 6.07) is 5.56. The average Bonchev–Trinajstić information content (AvgIpc) is 2.74. The number of benzene rings is 1. The number of carbonyl (C=O) groups is 1. The Morgan fingerprint density at radius 3 is 2.81 bits per heavy atom. The number of ether oxygens (including phenoxy) is 1. The van der Waals surface area contributed by atoms with Crippen LogP contribution in [0.5, 0.6) is 5.75 Å². The fourth-order valence-electron chi connectivity index (χ4n) is 2.34. The zero-order valence-corrected chi connectivity index (χ0v) is 13.2. The van der Waals surface area contributed by atoms with Gasteiger partial charge in [0.25, 0.3) is 0 Å². The lowest BCUT2D eigenvalue weighted by Gasteiger charge is -2.13. The van der Waals surface area contributed by atoms with E-state index in [1.165, 1.54) is 0 Å². The number of sulfone groups is 1. The van der Waals surface area contributed by atoms with Crippen molar-refractivity contribution >= 4 is 15.7 Å². The van der Waals surface area contributed by atoms with Crippen LogP contribution in [0.15, 0.2) is 18.2 Å². The Kier molecular flexibility index (Phi) is 4.88. The monoisotopic (exact) mass is 311 g/mol. The van der Waals surface area contributed by atoms with Gasteiger partial charge in [0, 0.05) is 6.04 Å². The Morgan fingerprint density at radius 2 is 2.14 bits per heavy atom. The predicted molar refractivity (Wildman–Crippen MR) is 81.2 cm³/mol. The van der Waals surface area contributed by atoms with Gasteiger partial charge in [0.2, 0.25) is 5.91 Å². The van der Waals surface area contributed by atoms with Gasteiger partial charge in [-0.3, -0.25) is 4.79 Å². The summed E-state index contributed by atoms with van der Waals surface area (Å²) in [6.07, 6.45) is 0.732. The summed E-state index contributed by atoms with van der Waals surface area (Å²) in [7, 11) is -2.96. The Morgan fingerprint density at radius 1 is 1.38 bits per heavy atom. The lowest BCUT2D eigenvalue weighted by molar-refractivity contribution is -0.122. The molecule has 1 aromatic carbocycles. The van der Waals surface area contributed by atoms with Crippen molar-refractivity contribution in [1.82, 2.24) is 5.32 Å². The quantitative estimate of drug-likeness (QED) is 0.891. The maximum atomic E-state index is 11.8. The molecule has 116 valence electrons. The Balaban J connectivity index is 1.76. The van der Waals surface area contributed by atoms with E-state index in [-0.39, 0.29) is 36.5 Å². The molecule has 0 aromatic heterocycles. The molecule has 1 amide bonds. The molecule has 1 heterocycles. The highest BCUT2D eigenvalue weighted by Crippen LogP contribution is 2.20. The van der Waals surface area contributed by atoms with Crippen LogP contribution in [-0.2, 0) is 14.6 Å². The first kappa shape index (κ1) is 15.8.